The number of nitrogens with two attached hydrogens (primary N) is 1. The first kappa shape index (κ1) is 12.0. The van der Waals surface area contributed by atoms with Crippen LogP contribution in [0, 0.1) is 12.3 Å². The lowest BCUT2D eigenvalue weighted by molar-refractivity contribution is 0.153. The number of rotatable bonds is 4. The van der Waals surface area contributed by atoms with Crippen molar-refractivity contribution in [3.05, 3.63) is 0 Å². The van der Waals surface area contributed by atoms with Crippen molar-refractivity contribution < 1.29 is 9.47 Å². The predicted molar refractivity (Wildman–Crippen MR) is 58.9 cm³/mol. The van der Waals surface area contributed by atoms with Gasteiger partial charge in [-0.25, -0.2) is 0 Å². The summed E-state index contributed by atoms with van der Waals surface area (Å²) in [6, 6.07) is 0.178. The molecule has 0 fully saturated rings. The summed E-state index contributed by atoms with van der Waals surface area (Å²) in [6.45, 7) is 5.67. The number of hydrogen-bond acceptors (Lipinski definition) is 6. The minimum atomic E-state index is -0.808. The van der Waals surface area contributed by atoms with E-state index in [-0.39, 0.29) is 18.0 Å². The molecule has 6 nitrogen and oxygen atoms in total. The van der Waals surface area contributed by atoms with Crippen molar-refractivity contribution in [2.75, 3.05) is 12.3 Å². The second-order valence-electron chi connectivity index (χ2n) is 3.45. The molecule has 0 aliphatic heterocycles. The van der Waals surface area contributed by atoms with Crippen LogP contribution >= 0.6 is 0 Å². The maximum absolute atomic E-state index is 5.48. The smallest absolute Gasteiger partial charge is 0.325 e. The molecule has 2 N–H and O–H groups in total. The maximum atomic E-state index is 5.48. The highest BCUT2D eigenvalue weighted by molar-refractivity contribution is 5.21. The first-order chi connectivity index (χ1) is 7.46. The number of ether oxygens (including phenoxy) is 2. The second kappa shape index (κ2) is 4.66. The molecule has 0 bridgehead atoms. The van der Waals surface area contributed by atoms with Gasteiger partial charge in [-0.15, -0.1) is 11.4 Å². The van der Waals surface area contributed by atoms with E-state index in [1.807, 2.05) is 6.92 Å². The summed E-state index contributed by atoms with van der Waals surface area (Å²) in [7, 11) is 0. The number of nitrogens with zero attached hydrogens (tertiary/aromatic N) is 3. The lowest BCUT2D eigenvalue weighted by atomic mass is 10.2. The van der Waals surface area contributed by atoms with Gasteiger partial charge in [0.25, 0.3) is 0 Å². The lowest BCUT2D eigenvalue weighted by Gasteiger charge is -2.18. The summed E-state index contributed by atoms with van der Waals surface area (Å²) >= 11 is 0. The molecule has 0 unspecified atom stereocenters. The Kier molecular flexibility index (Phi) is 3.51. The van der Waals surface area contributed by atoms with Crippen LogP contribution in [0.3, 0.4) is 0 Å². The van der Waals surface area contributed by atoms with Crippen LogP contribution in [0.5, 0.6) is 12.0 Å². The predicted octanol–water partition coefficient (Wildman–Crippen LogP) is 0.643. The highest BCUT2D eigenvalue weighted by atomic mass is 16.5. The zero-order chi connectivity index (χ0) is 12.2. The van der Waals surface area contributed by atoms with E-state index in [9.17, 15) is 0 Å². The van der Waals surface area contributed by atoms with E-state index in [0.717, 1.165) is 0 Å². The standard InChI is InChI=1S/C10H14N4O2/c1-5-10(3,4)16-9-13-7(11)12-8(14-9)15-6-2/h1H,6H2,2-4H3,(H2,11,12,13,14). The maximum Gasteiger partial charge on any atom is 0.325 e. The average molecular weight is 222 g/mol. The highest BCUT2D eigenvalue weighted by Gasteiger charge is 2.18. The lowest BCUT2D eigenvalue weighted by Crippen LogP contribution is -2.27. The third-order valence-corrected chi connectivity index (χ3v) is 1.58. The van der Waals surface area contributed by atoms with Gasteiger partial charge in [0.1, 0.15) is 0 Å². The third kappa shape index (κ3) is 3.28. The molecule has 86 valence electrons. The van der Waals surface area contributed by atoms with Crippen molar-refractivity contribution >= 4 is 5.95 Å². The summed E-state index contributed by atoms with van der Waals surface area (Å²) in [4.78, 5) is 11.5. The van der Waals surface area contributed by atoms with Crippen molar-refractivity contribution in [3.63, 3.8) is 0 Å². The minimum absolute atomic E-state index is 0.0290. The van der Waals surface area contributed by atoms with E-state index in [1.165, 1.54) is 0 Å². The van der Waals surface area contributed by atoms with Gasteiger partial charge in [0.2, 0.25) is 5.95 Å². The summed E-state index contributed by atoms with van der Waals surface area (Å²) in [5.74, 6) is 2.49. The van der Waals surface area contributed by atoms with Crippen molar-refractivity contribution in [2.24, 2.45) is 0 Å². The molecule has 0 amide bonds. The fourth-order valence-electron chi connectivity index (χ4n) is 0.850. The molecule has 0 spiro atoms. The Balaban J connectivity index is 2.93. The Morgan fingerprint density at radius 1 is 1.31 bits per heavy atom. The van der Waals surface area contributed by atoms with Crippen LogP contribution in [0.25, 0.3) is 0 Å². The summed E-state index contributed by atoms with van der Waals surface area (Å²) < 4.78 is 10.5. The van der Waals surface area contributed by atoms with Crippen LogP contribution in [-0.4, -0.2) is 27.2 Å². The molecule has 0 saturated heterocycles. The molecule has 0 atom stereocenters. The molecule has 1 aromatic heterocycles. The van der Waals surface area contributed by atoms with Gasteiger partial charge in [-0.3, -0.25) is 0 Å². The SMILES string of the molecule is C#CC(C)(C)Oc1nc(N)nc(OCC)n1. The van der Waals surface area contributed by atoms with E-state index in [4.69, 9.17) is 21.6 Å². The highest BCUT2D eigenvalue weighted by Crippen LogP contribution is 2.16. The summed E-state index contributed by atoms with van der Waals surface area (Å²) in [5, 5.41) is 0. The van der Waals surface area contributed by atoms with Crippen LogP contribution in [0.2, 0.25) is 0 Å². The number of anilines is 1. The third-order valence-electron chi connectivity index (χ3n) is 1.58. The normalized spacial score (nSPS) is 10.6. The second-order valence-corrected chi connectivity index (χ2v) is 3.45. The number of terminal acetylenes is 1. The van der Waals surface area contributed by atoms with Crippen LogP contribution in [0.15, 0.2) is 0 Å². The van der Waals surface area contributed by atoms with Crippen molar-refractivity contribution in [1.82, 2.24) is 15.0 Å². The van der Waals surface area contributed by atoms with Crippen LogP contribution in [0.4, 0.5) is 5.95 Å². The Morgan fingerprint density at radius 2 is 1.94 bits per heavy atom. The first-order valence-electron chi connectivity index (χ1n) is 4.78. The van der Waals surface area contributed by atoms with Gasteiger partial charge in [0.05, 0.1) is 6.61 Å². The molecule has 1 aromatic rings. The molecule has 0 saturated carbocycles. The fourth-order valence-corrected chi connectivity index (χ4v) is 0.850. The van der Waals surface area contributed by atoms with E-state index in [2.05, 4.69) is 20.9 Å². The van der Waals surface area contributed by atoms with Crippen molar-refractivity contribution in [1.29, 1.82) is 0 Å². The molecule has 0 aliphatic carbocycles. The zero-order valence-corrected chi connectivity index (χ0v) is 9.52. The Morgan fingerprint density at radius 3 is 2.50 bits per heavy atom. The van der Waals surface area contributed by atoms with E-state index >= 15 is 0 Å². The first-order valence-corrected chi connectivity index (χ1v) is 4.78. The summed E-state index contributed by atoms with van der Waals surface area (Å²) in [5.41, 5.74) is 4.67. The van der Waals surface area contributed by atoms with Gasteiger partial charge in [-0.05, 0) is 20.8 Å². The van der Waals surface area contributed by atoms with Crippen molar-refractivity contribution in [2.45, 2.75) is 26.4 Å². The van der Waals surface area contributed by atoms with Gasteiger partial charge >= 0.3 is 12.0 Å². The Bertz CT molecular complexity index is 412. The van der Waals surface area contributed by atoms with E-state index in [1.54, 1.807) is 13.8 Å². The molecule has 0 radical (unpaired) electrons. The average Bonchev–Trinajstić information content (AvgIpc) is 2.16. The monoisotopic (exact) mass is 222 g/mol. The zero-order valence-electron chi connectivity index (χ0n) is 9.52. The number of nitrogen functional groups attached to an aromatic ring is 1. The molecule has 1 heterocycles. The fraction of sp³-hybridized carbons (Fsp3) is 0.500. The molecular weight excluding hydrogens is 208 g/mol. The topological polar surface area (TPSA) is 83.2 Å². The number of hydrogen-bond donors (Lipinski definition) is 1. The molecule has 16 heavy (non-hydrogen) atoms. The van der Waals surface area contributed by atoms with Gasteiger partial charge in [0, 0.05) is 0 Å². The van der Waals surface area contributed by atoms with Crippen molar-refractivity contribution in [3.8, 4) is 24.4 Å². The van der Waals surface area contributed by atoms with Gasteiger partial charge in [0.15, 0.2) is 5.60 Å². The molecule has 1 rings (SSSR count). The quantitative estimate of drug-likeness (QED) is 0.753. The largest absolute Gasteiger partial charge is 0.464 e. The van der Waals surface area contributed by atoms with Crippen LogP contribution in [0.1, 0.15) is 20.8 Å². The van der Waals surface area contributed by atoms with Crippen LogP contribution < -0.4 is 15.2 Å². The molecule has 0 aromatic carbocycles. The van der Waals surface area contributed by atoms with Crippen LogP contribution in [-0.2, 0) is 0 Å². The molecule has 0 aliphatic rings. The van der Waals surface area contributed by atoms with Gasteiger partial charge in [-0.2, -0.15) is 9.97 Å². The number of aromatic nitrogens is 3. The molecular formula is C10H14N4O2. The van der Waals surface area contributed by atoms with E-state index in [0.29, 0.717) is 6.61 Å². The minimum Gasteiger partial charge on any atom is -0.464 e. The summed E-state index contributed by atoms with van der Waals surface area (Å²) in [6.07, 6.45) is 5.28. The molecule has 6 heteroatoms. The Hall–Kier alpha value is -2.03. The van der Waals surface area contributed by atoms with Gasteiger partial charge < -0.3 is 15.2 Å². The van der Waals surface area contributed by atoms with Gasteiger partial charge in [-0.1, -0.05) is 5.92 Å². The van der Waals surface area contributed by atoms with E-state index < -0.39 is 5.60 Å². The Labute approximate surface area is 94.2 Å².